The van der Waals surface area contributed by atoms with Crippen LogP contribution in [0.15, 0.2) is 47.2 Å². The molecular formula is C15H16N2OS. The van der Waals surface area contributed by atoms with Gasteiger partial charge < -0.3 is 10.2 Å². The standard InChI is InChI=1S/C15H16N2OS/c18-15(16-13-4-2-1-3-5-13)17(14-6-7-14)10-12-8-9-19-11-12/h1-5,8-9,11,14H,6-7,10H2,(H,16,18). The number of hydrogen-bond donors (Lipinski definition) is 1. The van der Waals surface area contributed by atoms with E-state index in [1.165, 1.54) is 5.56 Å². The Kier molecular flexibility index (Phi) is 3.51. The summed E-state index contributed by atoms with van der Waals surface area (Å²) >= 11 is 1.67. The maximum Gasteiger partial charge on any atom is 0.322 e. The topological polar surface area (TPSA) is 32.3 Å². The summed E-state index contributed by atoms with van der Waals surface area (Å²) in [7, 11) is 0. The summed E-state index contributed by atoms with van der Waals surface area (Å²) in [5.74, 6) is 0. The molecule has 0 aliphatic heterocycles. The number of nitrogens with zero attached hydrogens (tertiary/aromatic N) is 1. The van der Waals surface area contributed by atoms with Crippen LogP contribution in [0.1, 0.15) is 18.4 Å². The number of hydrogen-bond acceptors (Lipinski definition) is 2. The Bertz CT molecular complexity index is 535. The summed E-state index contributed by atoms with van der Waals surface area (Å²) in [6, 6.07) is 12.1. The van der Waals surface area contributed by atoms with Gasteiger partial charge in [0.15, 0.2) is 0 Å². The van der Waals surface area contributed by atoms with Crippen molar-refractivity contribution in [3.63, 3.8) is 0 Å². The summed E-state index contributed by atoms with van der Waals surface area (Å²) in [6.07, 6.45) is 2.23. The molecular weight excluding hydrogens is 256 g/mol. The molecule has 1 aromatic carbocycles. The van der Waals surface area contributed by atoms with E-state index in [1.807, 2.05) is 35.2 Å². The molecule has 1 aliphatic carbocycles. The van der Waals surface area contributed by atoms with E-state index in [0.717, 1.165) is 18.5 Å². The van der Waals surface area contributed by atoms with Crippen LogP contribution in [-0.4, -0.2) is 17.0 Å². The van der Waals surface area contributed by atoms with Gasteiger partial charge in [0.05, 0.1) is 0 Å². The fraction of sp³-hybridized carbons (Fsp3) is 0.267. The minimum atomic E-state index is -0.0000926. The molecule has 1 fully saturated rings. The Balaban J connectivity index is 1.68. The van der Waals surface area contributed by atoms with Gasteiger partial charge in [-0.2, -0.15) is 11.3 Å². The van der Waals surface area contributed by atoms with Crippen LogP contribution in [0.2, 0.25) is 0 Å². The molecule has 3 nitrogen and oxygen atoms in total. The highest BCUT2D eigenvalue weighted by Crippen LogP contribution is 2.29. The predicted octanol–water partition coefficient (Wildman–Crippen LogP) is 3.94. The molecule has 98 valence electrons. The van der Waals surface area contributed by atoms with Gasteiger partial charge in [-0.15, -0.1) is 0 Å². The van der Waals surface area contributed by atoms with Crippen LogP contribution in [0.3, 0.4) is 0 Å². The van der Waals surface area contributed by atoms with Crippen molar-refractivity contribution in [3.8, 4) is 0 Å². The van der Waals surface area contributed by atoms with Gasteiger partial charge in [-0.3, -0.25) is 0 Å². The molecule has 3 rings (SSSR count). The lowest BCUT2D eigenvalue weighted by atomic mass is 10.3. The minimum Gasteiger partial charge on any atom is -0.317 e. The molecule has 1 saturated carbocycles. The third-order valence-corrected chi connectivity index (χ3v) is 3.94. The second-order valence-electron chi connectivity index (χ2n) is 4.79. The number of nitrogens with one attached hydrogen (secondary N) is 1. The fourth-order valence-corrected chi connectivity index (χ4v) is 2.71. The molecule has 1 aromatic heterocycles. The van der Waals surface area contributed by atoms with E-state index in [-0.39, 0.29) is 6.03 Å². The zero-order valence-corrected chi connectivity index (χ0v) is 11.4. The molecule has 1 N–H and O–H groups in total. The first-order valence-electron chi connectivity index (χ1n) is 6.46. The smallest absolute Gasteiger partial charge is 0.317 e. The lowest BCUT2D eigenvalue weighted by molar-refractivity contribution is 0.206. The molecule has 0 radical (unpaired) electrons. The number of urea groups is 1. The molecule has 2 amide bonds. The molecule has 0 bridgehead atoms. The van der Waals surface area contributed by atoms with Crippen molar-refractivity contribution in [1.82, 2.24) is 4.90 Å². The van der Waals surface area contributed by atoms with Gasteiger partial charge in [-0.05, 0) is 47.4 Å². The van der Waals surface area contributed by atoms with Gasteiger partial charge in [0.2, 0.25) is 0 Å². The number of rotatable bonds is 4. The molecule has 0 spiro atoms. The average Bonchev–Trinajstić information content (AvgIpc) is 3.14. The van der Waals surface area contributed by atoms with Gasteiger partial charge >= 0.3 is 6.03 Å². The highest BCUT2D eigenvalue weighted by Gasteiger charge is 2.32. The number of amides is 2. The maximum absolute atomic E-state index is 12.3. The van der Waals surface area contributed by atoms with Gasteiger partial charge in [-0.1, -0.05) is 18.2 Å². The van der Waals surface area contributed by atoms with E-state index in [2.05, 4.69) is 22.1 Å². The monoisotopic (exact) mass is 272 g/mol. The van der Waals surface area contributed by atoms with Crippen molar-refractivity contribution < 1.29 is 4.79 Å². The van der Waals surface area contributed by atoms with E-state index in [1.54, 1.807) is 11.3 Å². The molecule has 1 heterocycles. The van der Waals surface area contributed by atoms with Crippen molar-refractivity contribution in [2.24, 2.45) is 0 Å². The molecule has 2 aromatic rings. The van der Waals surface area contributed by atoms with Crippen LogP contribution < -0.4 is 5.32 Å². The molecule has 0 saturated heterocycles. The minimum absolute atomic E-state index is 0.0000926. The largest absolute Gasteiger partial charge is 0.322 e. The summed E-state index contributed by atoms with van der Waals surface area (Å²) < 4.78 is 0. The fourth-order valence-electron chi connectivity index (χ4n) is 2.05. The third kappa shape index (κ3) is 3.15. The summed E-state index contributed by atoms with van der Waals surface area (Å²) in [6.45, 7) is 0.701. The average molecular weight is 272 g/mol. The first kappa shape index (κ1) is 12.2. The Labute approximate surface area is 116 Å². The molecule has 19 heavy (non-hydrogen) atoms. The molecule has 4 heteroatoms. The van der Waals surface area contributed by atoms with E-state index in [4.69, 9.17) is 0 Å². The number of benzene rings is 1. The van der Waals surface area contributed by atoms with Crippen LogP contribution in [0.25, 0.3) is 0 Å². The van der Waals surface area contributed by atoms with Crippen molar-refractivity contribution in [3.05, 3.63) is 52.7 Å². The van der Waals surface area contributed by atoms with Crippen LogP contribution in [0.4, 0.5) is 10.5 Å². The number of thiophene rings is 1. The Morgan fingerprint density at radius 1 is 1.26 bits per heavy atom. The van der Waals surface area contributed by atoms with Crippen molar-refractivity contribution in [1.29, 1.82) is 0 Å². The predicted molar refractivity (Wildman–Crippen MR) is 78.3 cm³/mol. The summed E-state index contributed by atoms with van der Waals surface area (Å²) in [5.41, 5.74) is 2.06. The quantitative estimate of drug-likeness (QED) is 0.898. The van der Waals surface area contributed by atoms with Gasteiger partial charge in [0.1, 0.15) is 0 Å². The summed E-state index contributed by atoms with van der Waals surface area (Å²) in [4.78, 5) is 14.3. The van der Waals surface area contributed by atoms with Gasteiger partial charge in [0.25, 0.3) is 0 Å². The van der Waals surface area contributed by atoms with Crippen LogP contribution in [-0.2, 0) is 6.54 Å². The van der Waals surface area contributed by atoms with Crippen molar-refractivity contribution in [2.45, 2.75) is 25.4 Å². The van der Waals surface area contributed by atoms with Crippen LogP contribution in [0, 0.1) is 0 Å². The van der Waals surface area contributed by atoms with Crippen molar-refractivity contribution >= 4 is 23.1 Å². The highest BCUT2D eigenvalue weighted by atomic mass is 32.1. The Hall–Kier alpha value is -1.81. The first-order chi connectivity index (χ1) is 9.33. The zero-order valence-electron chi connectivity index (χ0n) is 10.6. The van der Waals surface area contributed by atoms with Crippen LogP contribution in [0.5, 0.6) is 0 Å². The SMILES string of the molecule is O=C(Nc1ccccc1)N(Cc1ccsc1)C1CC1. The van der Waals surface area contributed by atoms with Gasteiger partial charge in [0, 0.05) is 18.3 Å². The Morgan fingerprint density at radius 2 is 2.05 bits per heavy atom. The van der Waals surface area contributed by atoms with Crippen molar-refractivity contribution in [2.75, 3.05) is 5.32 Å². The lowest BCUT2D eigenvalue weighted by Crippen LogP contribution is -2.36. The first-order valence-corrected chi connectivity index (χ1v) is 7.41. The second kappa shape index (κ2) is 5.45. The van der Waals surface area contributed by atoms with E-state index < -0.39 is 0 Å². The number of carbonyl (C=O) groups is 1. The van der Waals surface area contributed by atoms with E-state index in [0.29, 0.717) is 12.6 Å². The van der Waals surface area contributed by atoms with E-state index >= 15 is 0 Å². The Morgan fingerprint density at radius 3 is 2.68 bits per heavy atom. The molecule has 1 aliphatic rings. The lowest BCUT2D eigenvalue weighted by Gasteiger charge is -2.22. The summed E-state index contributed by atoms with van der Waals surface area (Å²) in [5, 5.41) is 7.12. The number of carbonyl (C=O) groups excluding carboxylic acids is 1. The second-order valence-corrected chi connectivity index (χ2v) is 5.57. The maximum atomic E-state index is 12.3. The normalized spacial score (nSPS) is 14.1. The zero-order chi connectivity index (χ0) is 13.1. The highest BCUT2D eigenvalue weighted by molar-refractivity contribution is 7.07. The number of para-hydroxylation sites is 1. The molecule has 0 unspecified atom stereocenters. The van der Waals surface area contributed by atoms with Gasteiger partial charge in [-0.25, -0.2) is 4.79 Å². The molecule has 0 atom stereocenters. The number of anilines is 1. The third-order valence-electron chi connectivity index (χ3n) is 3.21. The van der Waals surface area contributed by atoms with Crippen LogP contribution >= 0.6 is 11.3 Å². The van der Waals surface area contributed by atoms with E-state index in [9.17, 15) is 4.79 Å².